The molecule has 2 aliphatic rings. The molecular weight excluding hydrogens is 397 g/mol. The van der Waals surface area contributed by atoms with Gasteiger partial charge in [0.2, 0.25) is 5.91 Å². The van der Waals surface area contributed by atoms with Crippen molar-refractivity contribution in [3.63, 3.8) is 0 Å². The van der Waals surface area contributed by atoms with Crippen molar-refractivity contribution in [1.82, 2.24) is 9.80 Å². The molecular formula is C22H23F3N2O3. The second kappa shape index (κ2) is 8.55. The van der Waals surface area contributed by atoms with Crippen molar-refractivity contribution >= 4 is 5.91 Å². The maximum atomic E-state index is 12.9. The fourth-order valence-corrected chi connectivity index (χ4v) is 3.75. The number of amides is 1. The van der Waals surface area contributed by atoms with E-state index < -0.39 is 11.7 Å². The highest BCUT2D eigenvalue weighted by atomic mass is 19.4. The molecule has 0 aliphatic carbocycles. The van der Waals surface area contributed by atoms with Crippen LogP contribution in [0.5, 0.6) is 11.5 Å². The summed E-state index contributed by atoms with van der Waals surface area (Å²) in [5.74, 6) is 1.43. The third kappa shape index (κ3) is 4.87. The molecule has 0 saturated carbocycles. The number of hydrogen-bond acceptors (Lipinski definition) is 4. The summed E-state index contributed by atoms with van der Waals surface area (Å²) in [6, 6.07) is 11.0. The van der Waals surface area contributed by atoms with Gasteiger partial charge in [0.15, 0.2) is 11.5 Å². The third-order valence-electron chi connectivity index (χ3n) is 5.32. The Morgan fingerprint density at radius 1 is 0.867 bits per heavy atom. The molecule has 5 nitrogen and oxygen atoms in total. The maximum Gasteiger partial charge on any atom is 0.416 e. The number of halogens is 3. The second-order valence-corrected chi connectivity index (χ2v) is 7.52. The number of hydrogen-bond donors (Lipinski definition) is 0. The summed E-state index contributed by atoms with van der Waals surface area (Å²) in [6.07, 6.45) is -4.05. The van der Waals surface area contributed by atoms with E-state index in [1.165, 1.54) is 6.07 Å². The highest BCUT2D eigenvalue weighted by Gasteiger charge is 2.30. The predicted octanol–water partition coefficient (Wildman–Crippen LogP) is 3.71. The van der Waals surface area contributed by atoms with Crippen molar-refractivity contribution < 1.29 is 27.4 Å². The minimum absolute atomic E-state index is 0.0444. The zero-order valence-electron chi connectivity index (χ0n) is 16.5. The molecule has 1 fully saturated rings. The van der Waals surface area contributed by atoms with Gasteiger partial charge in [0.05, 0.1) is 5.56 Å². The molecule has 0 spiro atoms. The summed E-state index contributed by atoms with van der Waals surface area (Å²) in [6.45, 7) is 3.65. The van der Waals surface area contributed by atoms with Crippen LogP contribution in [0.3, 0.4) is 0 Å². The summed E-state index contributed by atoms with van der Waals surface area (Å²) in [4.78, 5) is 16.3. The van der Waals surface area contributed by atoms with E-state index >= 15 is 0 Å². The van der Waals surface area contributed by atoms with Crippen LogP contribution in [0.15, 0.2) is 42.5 Å². The largest absolute Gasteiger partial charge is 0.486 e. The van der Waals surface area contributed by atoms with Crippen LogP contribution in [0.4, 0.5) is 13.2 Å². The molecule has 2 aromatic rings. The highest BCUT2D eigenvalue weighted by molar-refractivity contribution is 5.76. The van der Waals surface area contributed by atoms with Crippen LogP contribution < -0.4 is 9.47 Å². The number of ether oxygens (including phenoxy) is 2. The molecule has 160 valence electrons. The molecule has 0 bridgehead atoms. The first-order valence-electron chi connectivity index (χ1n) is 9.93. The average molecular weight is 420 g/mol. The molecule has 0 N–H and O–H groups in total. The van der Waals surface area contributed by atoms with E-state index in [9.17, 15) is 18.0 Å². The molecule has 2 aromatic carbocycles. The molecule has 0 unspecified atom stereocenters. The lowest BCUT2D eigenvalue weighted by atomic mass is 10.1. The van der Waals surface area contributed by atoms with Gasteiger partial charge in [0, 0.05) is 39.1 Å². The second-order valence-electron chi connectivity index (χ2n) is 7.52. The molecule has 30 heavy (non-hydrogen) atoms. The van der Waals surface area contributed by atoms with E-state index in [0.717, 1.165) is 29.2 Å². The number of carbonyl (C=O) groups is 1. The molecule has 2 heterocycles. The molecule has 0 atom stereocenters. The fourth-order valence-electron chi connectivity index (χ4n) is 3.75. The van der Waals surface area contributed by atoms with Crippen molar-refractivity contribution in [2.45, 2.75) is 25.7 Å². The van der Waals surface area contributed by atoms with E-state index in [4.69, 9.17) is 9.47 Å². The SMILES string of the molecule is O=C1CCN(Cc2ccc3c(c2)OCCO3)CCN1Cc1cccc(C(F)(F)F)c1. The number of nitrogens with zero attached hydrogens (tertiary/aromatic N) is 2. The lowest BCUT2D eigenvalue weighted by Gasteiger charge is -2.23. The van der Waals surface area contributed by atoms with Gasteiger partial charge in [-0.2, -0.15) is 13.2 Å². The summed E-state index contributed by atoms with van der Waals surface area (Å²) in [5.41, 5.74) is 0.860. The Kier molecular flexibility index (Phi) is 5.85. The normalized spacial score (nSPS) is 17.7. The van der Waals surface area contributed by atoms with E-state index in [0.29, 0.717) is 51.4 Å². The third-order valence-corrected chi connectivity index (χ3v) is 5.32. The zero-order valence-corrected chi connectivity index (χ0v) is 16.5. The minimum atomic E-state index is -4.39. The van der Waals surface area contributed by atoms with Crippen LogP contribution in [-0.4, -0.2) is 48.6 Å². The Balaban J connectivity index is 1.39. The first-order chi connectivity index (χ1) is 14.4. The minimum Gasteiger partial charge on any atom is -0.486 e. The van der Waals surface area contributed by atoms with Gasteiger partial charge in [-0.25, -0.2) is 0 Å². The summed E-state index contributed by atoms with van der Waals surface area (Å²) in [7, 11) is 0. The number of alkyl halides is 3. The number of rotatable bonds is 4. The Morgan fingerprint density at radius 3 is 2.43 bits per heavy atom. The molecule has 0 radical (unpaired) electrons. The number of fused-ring (bicyclic) bond motifs is 1. The number of carbonyl (C=O) groups excluding carboxylic acids is 1. The maximum absolute atomic E-state index is 12.9. The van der Waals surface area contributed by atoms with Gasteiger partial charge in [0.1, 0.15) is 13.2 Å². The fraction of sp³-hybridized carbons (Fsp3) is 0.409. The average Bonchev–Trinajstić information content (AvgIpc) is 2.90. The molecule has 2 aliphatic heterocycles. The van der Waals surface area contributed by atoms with E-state index in [1.807, 2.05) is 18.2 Å². The lowest BCUT2D eigenvalue weighted by Crippen LogP contribution is -2.32. The monoisotopic (exact) mass is 420 g/mol. The van der Waals surface area contributed by atoms with Crippen molar-refractivity contribution in [3.05, 3.63) is 59.2 Å². The van der Waals surface area contributed by atoms with Gasteiger partial charge in [0.25, 0.3) is 0 Å². The molecule has 4 rings (SSSR count). The smallest absolute Gasteiger partial charge is 0.416 e. The van der Waals surface area contributed by atoms with Crippen molar-refractivity contribution in [1.29, 1.82) is 0 Å². The Bertz CT molecular complexity index is 917. The van der Waals surface area contributed by atoms with Crippen molar-refractivity contribution in [2.75, 3.05) is 32.8 Å². The lowest BCUT2D eigenvalue weighted by molar-refractivity contribution is -0.137. The van der Waals surface area contributed by atoms with Crippen molar-refractivity contribution in [3.8, 4) is 11.5 Å². The quantitative estimate of drug-likeness (QED) is 0.756. The van der Waals surface area contributed by atoms with E-state index in [1.54, 1.807) is 11.0 Å². The van der Waals surface area contributed by atoms with Gasteiger partial charge in [-0.15, -0.1) is 0 Å². The van der Waals surface area contributed by atoms with Crippen LogP contribution in [0.2, 0.25) is 0 Å². The highest BCUT2D eigenvalue weighted by Crippen LogP contribution is 2.32. The van der Waals surface area contributed by atoms with Crippen LogP contribution in [0.25, 0.3) is 0 Å². The van der Waals surface area contributed by atoms with Crippen LogP contribution >= 0.6 is 0 Å². The van der Waals surface area contributed by atoms with Gasteiger partial charge in [-0.1, -0.05) is 18.2 Å². The van der Waals surface area contributed by atoms with Gasteiger partial charge in [-0.05, 0) is 35.4 Å². The van der Waals surface area contributed by atoms with Gasteiger partial charge >= 0.3 is 6.18 Å². The van der Waals surface area contributed by atoms with Crippen LogP contribution in [-0.2, 0) is 24.1 Å². The Hall–Kier alpha value is -2.74. The zero-order chi connectivity index (χ0) is 21.1. The van der Waals surface area contributed by atoms with Crippen LogP contribution in [0.1, 0.15) is 23.1 Å². The first kappa shape index (κ1) is 20.5. The summed E-state index contributed by atoms with van der Waals surface area (Å²) >= 11 is 0. The molecule has 8 heteroatoms. The van der Waals surface area contributed by atoms with E-state index in [-0.39, 0.29) is 12.5 Å². The first-order valence-corrected chi connectivity index (χ1v) is 9.93. The summed E-state index contributed by atoms with van der Waals surface area (Å²) in [5, 5.41) is 0. The van der Waals surface area contributed by atoms with E-state index in [2.05, 4.69) is 4.90 Å². The Morgan fingerprint density at radius 2 is 1.63 bits per heavy atom. The van der Waals surface area contributed by atoms with Crippen LogP contribution in [0, 0.1) is 0 Å². The standard InChI is InChI=1S/C22H23F3N2O3/c23-22(24,25)18-3-1-2-16(12-18)15-27-9-8-26(7-6-21(27)28)14-17-4-5-19-20(13-17)30-11-10-29-19/h1-5,12-13H,6-11,14-15H2. The topological polar surface area (TPSA) is 42.0 Å². The molecule has 0 aromatic heterocycles. The molecule has 1 amide bonds. The Labute approximate surface area is 173 Å². The van der Waals surface area contributed by atoms with Gasteiger partial charge < -0.3 is 14.4 Å². The summed E-state index contributed by atoms with van der Waals surface area (Å²) < 4.78 is 50.0. The van der Waals surface area contributed by atoms with Gasteiger partial charge in [-0.3, -0.25) is 9.69 Å². The van der Waals surface area contributed by atoms with Crippen molar-refractivity contribution in [2.24, 2.45) is 0 Å². The molecule has 1 saturated heterocycles. The number of benzene rings is 2. The predicted molar refractivity (Wildman–Crippen MR) is 104 cm³/mol.